The largest absolute Gasteiger partial charge is 0.454 e. The van der Waals surface area contributed by atoms with Crippen molar-refractivity contribution in [1.82, 2.24) is 0 Å². The minimum absolute atomic E-state index is 0.0632. The highest BCUT2D eigenvalue weighted by Crippen LogP contribution is 2.63. The van der Waals surface area contributed by atoms with Crippen molar-refractivity contribution in [2.45, 2.75) is 57.8 Å². The van der Waals surface area contributed by atoms with Crippen LogP contribution in [0.1, 0.15) is 74.9 Å². The first-order valence-electron chi connectivity index (χ1n) is 20.3. The molecule has 2 heteroatoms. The number of fused-ring (bicyclic) bond motifs is 15. The molecule has 0 atom stereocenters. The molecular formula is C55H45NO. The van der Waals surface area contributed by atoms with Crippen LogP contribution >= 0.6 is 0 Å². The summed E-state index contributed by atoms with van der Waals surface area (Å²) in [5.41, 5.74) is 17.7. The lowest BCUT2D eigenvalue weighted by atomic mass is 9.70. The number of benzene rings is 8. The van der Waals surface area contributed by atoms with E-state index in [-0.39, 0.29) is 10.8 Å². The van der Waals surface area contributed by atoms with Crippen LogP contribution in [0.3, 0.4) is 0 Å². The molecule has 0 saturated carbocycles. The number of hydrogen-bond acceptors (Lipinski definition) is 2. The van der Waals surface area contributed by atoms with Crippen molar-refractivity contribution in [2.75, 3.05) is 4.90 Å². The van der Waals surface area contributed by atoms with Crippen LogP contribution in [0, 0.1) is 0 Å². The van der Waals surface area contributed by atoms with Crippen LogP contribution in [0.5, 0.6) is 0 Å². The second-order valence-corrected chi connectivity index (χ2v) is 18.1. The summed E-state index contributed by atoms with van der Waals surface area (Å²) in [5, 5.41) is 4.66. The third-order valence-corrected chi connectivity index (χ3v) is 12.7. The Kier molecular flexibility index (Phi) is 7.03. The zero-order chi connectivity index (χ0) is 38.8. The van der Waals surface area contributed by atoms with Crippen molar-refractivity contribution in [3.8, 4) is 22.3 Å². The Labute approximate surface area is 335 Å². The highest BCUT2D eigenvalue weighted by atomic mass is 16.3. The molecule has 11 rings (SSSR count). The molecule has 0 amide bonds. The molecule has 2 aliphatic rings. The summed E-state index contributed by atoms with van der Waals surface area (Å²) in [7, 11) is 0. The van der Waals surface area contributed by atoms with Crippen molar-refractivity contribution in [3.05, 3.63) is 197 Å². The van der Waals surface area contributed by atoms with Crippen LogP contribution in [-0.2, 0) is 16.2 Å². The van der Waals surface area contributed by atoms with E-state index < -0.39 is 5.41 Å². The average molecular weight is 736 g/mol. The number of nitrogens with zero attached hydrogens (tertiary/aromatic N) is 1. The lowest BCUT2D eigenvalue weighted by molar-refractivity contribution is 0.569. The van der Waals surface area contributed by atoms with Crippen LogP contribution < -0.4 is 4.90 Å². The van der Waals surface area contributed by atoms with Crippen molar-refractivity contribution < 1.29 is 4.42 Å². The fourth-order valence-electron chi connectivity index (χ4n) is 9.98. The quantitative estimate of drug-likeness (QED) is 0.180. The lowest BCUT2D eigenvalue weighted by Crippen LogP contribution is -2.25. The zero-order valence-corrected chi connectivity index (χ0v) is 33.4. The van der Waals surface area contributed by atoms with E-state index in [1.165, 1.54) is 66.4 Å². The molecule has 0 fully saturated rings. The molecule has 2 aliphatic carbocycles. The van der Waals surface area contributed by atoms with Gasteiger partial charge in [0.05, 0.1) is 11.1 Å². The fraction of sp³-hybridized carbons (Fsp3) is 0.164. The number of rotatable bonds is 3. The Morgan fingerprint density at radius 2 is 0.947 bits per heavy atom. The molecule has 9 aromatic rings. The molecule has 2 nitrogen and oxygen atoms in total. The van der Waals surface area contributed by atoms with Gasteiger partial charge in [-0.15, -0.1) is 0 Å². The molecule has 0 aliphatic heterocycles. The summed E-state index contributed by atoms with van der Waals surface area (Å²) in [6.07, 6.45) is 0. The van der Waals surface area contributed by atoms with E-state index in [1.807, 2.05) is 0 Å². The van der Waals surface area contributed by atoms with Crippen molar-refractivity contribution in [2.24, 2.45) is 0 Å². The van der Waals surface area contributed by atoms with Gasteiger partial charge in [0.25, 0.3) is 0 Å². The Bertz CT molecular complexity index is 3030. The number of hydrogen-bond donors (Lipinski definition) is 0. The minimum Gasteiger partial charge on any atom is -0.454 e. The van der Waals surface area contributed by atoms with Crippen LogP contribution in [0.2, 0.25) is 0 Å². The molecule has 276 valence electrons. The molecule has 0 N–H and O–H groups in total. The minimum atomic E-state index is -0.400. The molecule has 57 heavy (non-hydrogen) atoms. The molecule has 1 spiro atoms. The summed E-state index contributed by atoms with van der Waals surface area (Å²) < 4.78 is 6.97. The second-order valence-electron chi connectivity index (χ2n) is 18.1. The highest BCUT2D eigenvalue weighted by Gasteiger charge is 2.51. The summed E-state index contributed by atoms with van der Waals surface area (Å²) in [6, 6.07) is 61.2. The van der Waals surface area contributed by atoms with Crippen LogP contribution in [0.15, 0.2) is 168 Å². The monoisotopic (exact) mass is 735 g/mol. The van der Waals surface area contributed by atoms with Gasteiger partial charge in [-0.2, -0.15) is 0 Å². The molecule has 1 heterocycles. The number of anilines is 3. The predicted molar refractivity (Wildman–Crippen MR) is 240 cm³/mol. The van der Waals surface area contributed by atoms with Gasteiger partial charge in [0.2, 0.25) is 0 Å². The maximum absolute atomic E-state index is 6.97. The smallest absolute Gasteiger partial charge is 0.160 e. The topological polar surface area (TPSA) is 16.4 Å². The molecule has 0 bridgehead atoms. The summed E-state index contributed by atoms with van der Waals surface area (Å²) >= 11 is 0. The summed E-state index contributed by atoms with van der Waals surface area (Å²) in [4.78, 5) is 2.48. The highest BCUT2D eigenvalue weighted by molar-refractivity contribution is 6.23. The zero-order valence-electron chi connectivity index (χ0n) is 33.4. The Morgan fingerprint density at radius 1 is 0.439 bits per heavy atom. The third-order valence-electron chi connectivity index (χ3n) is 12.7. The van der Waals surface area contributed by atoms with Gasteiger partial charge in [0, 0.05) is 22.1 Å². The second kappa shape index (κ2) is 11.8. The van der Waals surface area contributed by atoms with E-state index >= 15 is 0 Å². The van der Waals surface area contributed by atoms with Gasteiger partial charge in [0.15, 0.2) is 5.58 Å². The predicted octanol–water partition coefficient (Wildman–Crippen LogP) is 15.1. The molecule has 1 aromatic heterocycles. The Balaban J connectivity index is 1.25. The average Bonchev–Trinajstić information content (AvgIpc) is 3.85. The molecule has 0 unspecified atom stereocenters. The Morgan fingerprint density at radius 3 is 1.56 bits per heavy atom. The van der Waals surface area contributed by atoms with Crippen molar-refractivity contribution in [1.29, 1.82) is 0 Å². The van der Waals surface area contributed by atoms with Gasteiger partial charge >= 0.3 is 0 Å². The standard InChI is InChI=1S/C55H45NO/c1-53(2,3)35-30-36(54(4,5)6)32-38(31-35)56(49-29-34-17-7-8-18-39(34)51-43-22-12-16-26-50(43)57-52(49)51)37-27-28-48-44(33-37)42-21-11-15-25-47(42)55(48)45-23-13-9-19-40(45)41-20-10-14-24-46(41)55/h7-33H,1-6H3. The van der Waals surface area contributed by atoms with Gasteiger partial charge in [-0.05, 0) is 114 Å². The number of para-hydroxylation sites is 1. The lowest BCUT2D eigenvalue weighted by Gasteiger charge is -2.32. The number of furan rings is 1. The molecule has 8 aromatic carbocycles. The molecule has 0 radical (unpaired) electrons. The van der Waals surface area contributed by atoms with E-state index in [0.29, 0.717) is 0 Å². The van der Waals surface area contributed by atoms with Crippen LogP contribution in [-0.4, -0.2) is 0 Å². The maximum atomic E-state index is 6.97. The van der Waals surface area contributed by atoms with Gasteiger partial charge in [0.1, 0.15) is 5.58 Å². The first kappa shape index (κ1) is 33.9. The first-order valence-corrected chi connectivity index (χ1v) is 20.3. The molecule has 0 saturated heterocycles. The molecular weight excluding hydrogens is 691 g/mol. The van der Waals surface area contributed by atoms with Gasteiger partial charge in [-0.3, -0.25) is 0 Å². The van der Waals surface area contributed by atoms with Crippen LogP contribution in [0.25, 0.3) is 55.0 Å². The maximum Gasteiger partial charge on any atom is 0.160 e. The summed E-state index contributed by atoms with van der Waals surface area (Å²) in [5.74, 6) is 0. The van der Waals surface area contributed by atoms with Crippen molar-refractivity contribution >= 4 is 49.8 Å². The first-order chi connectivity index (χ1) is 27.5. The van der Waals surface area contributed by atoms with E-state index in [4.69, 9.17) is 4.42 Å². The van der Waals surface area contributed by atoms with E-state index in [2.05, 4.69) is 210 Å². The normalized spacial score (nSPS) is 13.9. The Hall–Kier alpha value is -6.38. The fourth-order valence-corrected chi connectivity index (χ4v) is 9.98. The summed E-state index contributed by atoms with van der Waals surface area (Å²) in [6.45, 7) is 13.9. The van der Waals surface area contributed by atoms with E-state index in [9.17, 15) is 0 Å². The van der Waals surface area contributed by atoms with Gasteiger partial charge in [-0.25, -0.2) is 0 Å². The van der Waals surface area contributed by atoms with E-state index in [0.717, 1.165) is 39.0 Å². The van der Waals surface area contributed by atoms with E-state index in [1.54, 1.807) is 0 Å². The SMILES string of the molecule is CC(C)(C)c1cc(N(c2ccc3c(c2)-c2ccccc2C32c3ccccc3-c3ccccc32)c2cc3ccccc3c3c2oc2ccccc23)cc(C(C)(C)C)c1. The van der Waals surface area contributed by atoms with Gasteiger partial charge < -0.3 is 9.32 Å². The third kappa shape index (κ3) is 4.77. The van der Waals surface area contributed by atoms with Crippen LogP contribution in [0.4, 0.5) is 17.1 Å². The van der Waals surface area contributed by atoms with Crippen molar-refractivity contribution in [3.63, 3.8) is 0 Å². The van der Waals surface area contributed by atoms with Gasteiger partial charge in [-0.1, -0.05) is 169 Å².